The number of thiocarbonyl (C=S) groups is 1. The van der Waals surface area contributed by atoms with Gasteiger partial charge in [0.25, 0.3) is 0 Å². The highest BCUT2D eigenvalue weighted by molar-refractivity contribution is 7.80. The second-order valence-electron chi connectivity index (χ2n) is 4.66. The van der Waals surface area contributed by atoms with Crippen molar-refractivity contribution in [3.05, 3.63) is 11.3 Å². The summed E-state index contributed by atoms with van der Waals surface area (Å²) in [7, 11) is 0. The first-order valence-corrected chi connectivity index (χ1v) is 7.68. The standard InChI is InChI=1S/C12H19N5OS2/c1-7(10-8(2)17-20-11(10)13)15-16-12(19)14-6-9-4-3-5-18-9/h9H,3-6,13H2,1-2H3,(H2,14,16,19)/b15-7-/t9-/m0/s1. The number of nitrogen functional groups attached to an aromatic ring is 1. The Balaban J connectivity index is 1.83. The maximum Gasteiger partial charge on any atom is 0.187 e. The van der Waals surface area contributed by atoms with Gasteiger partial charge in [0.15, 0.2) is 5.11 Å². The zero-order chi connectivity index (χ0) is 14.5. The molecule has 8 heteroatoms. The first kappa shape index (κ1) is 15.1. The lowest BCUT2D eigenvalue weighted by Gasteiger charge is -2.12. The molecule has 0 aromatic carbocycles. The number of nitrogens with one attached hydrogen (secondary N) is 2. The van der Waals surface area contributed by atoms with Crippen molar-refractivity contribution >= 4 is 39.6 Å². The Morgan fingerprint density at radius 3 is 3.05 bits per heavy atom. The average Bonchev–Trinajstić information content (AvgIpc) is 3.04. The van der Waals surface area contributed by atoms with Crippen molar-refractivity contribution in [3.63, 3.8) is 0 Å². The Hall–Kier alpha value is -1.25. The molecule has 1 atom stereocenters. The molecule has 0 radical (unpaired) electrons. The van der Waals surface area contributed by atoms with Crippen LogP contribution in [0.2, 0.25) is 0 Å². The van der Waals surface area contributed by atoms with Gasteiger partial charge in [-0.2, -0.15) is 9.47 Å². The highest BCUT2D eigenvalue weighted by atomic mass is 32.1. The van der Waals surface area contributed by atoms with E-state index in [2.05, 4.69) is 20.2 Å². The normalized spacial score (nSPS) is 19.1. The summed E-state index contributed by atoms with van der Waals surface area (Å²) in [6.45, 7) is 5.34. The number of rotatable bonds is 4. The van der Waals surface area contributed by atoms with Crippen molar-refractivity contribution in [3.8, 4) is 0 Å². The fourth-order valence-electron chi connectivity index (χ4n) is 2.07. The number of nitrogens with two attached hydrogens (primary N) is 1. The number of hydrogen-bond donors (Lipinski definition) is 3. The fraction of sp³-hybridized carbons (Fsp3) is 0.583. The van der Waals surface area contributed by atoms with Crippen molar-refractivity contribution in [2.24, 2.45) is 5.10 Å². The molecule has 0 amide bonds. The molecule has 4 N–H and O–H groups in total. The van der Waals surface area contributed by atoms with Gasteiger partial charge in [0.05, 0.1) is 23.1 Å². The Bertz CT molecular complexity index is 488. The quantitative estimate of drug-likeness (QED) is 0.443. The molecule has 0 unspecified atom stereocenters. The van der Waals surface area contributed by atoms with Crippen LogP contribution in [-0.4, -0.2) is 34.5 Å². The van der Waals surface area contributed by atoms with Gasteiger partial charge in [0, 0.05) is 13.2 Å². The van der Waals surface area contributed by atoms with Crippen LogP contribution in [-0.2, 0) is 4.74 Å². The van der Waals surface area contributed by atoms with Crippen LogP contribution < -0.4 is 16.5 Å². The summed E-state index contributed by atoms with van der Waals surface area (Å²) in [6, 6.07) is 0. The zero-order valence-corrected chi connectivity index (χ0v) is 13.2. The lowest BCUT2D eigenvalue weighted by atomic mass is 10.2. The van der Waals surface area contributed by atoms with Crippen LogP contribution in [0.25, 0.3) is 0 Å². The van der Waals surface area contributed by atoms with E-state index in [0.29, 0.717) is 16.7 Å². The van der Waals surface area contributed by atoms with E-state index in [1.54, 1.807) is 0 Å². The van der Waals surface area contributed by atoms with E-state index >= 15 is 0 Å². The second kappa shape index (κ2) is 6.96. The highest BCUT2D eigenvalue weighted by Gasteiger charge is 2.15. The van der Waals surface area contributed by atoms with E-state index in [9.17, 15) is 0 Å². The molecule has 0 bridgehead atoms. The van der Waals surface area contributed by atoms with Crippen LogP contribution in [0.1, 0.15) is 31.0 Å². The molecule has 0 aliphatic carbocycles. The van der Waals surface area contributed by atoms with Crippen LogP contribution in [0.5, 0.6) is 0 Å². The second-order valence-corrected chi connectivity index (χ2v) is 5.87. The van der Waals surface area contributed by atoms with Gasteiger partial charge >= 0.3 is 0 Å². The minimum Gasteiger partial charge on any atom is -0.389 e. The third-order valence-corrected chi connectivity index (χ3v) is 4.09. The van der Waals surface area contributed by atoms with Crippen molar-refractivity contribution in [2.45, 2.75) is 32.8 Å². The SMILES string of the molecule is C/C(=N/NC(=S)NC[C@@H]1CCCO1)c1c(C)nsc1N. The Labute approximate surface area is 127 Å². The molecule has 2 rings (SSSR count). The summed E-state index contributed by atoms with van der Waals surface area (Å²) >= 11 is 6.45. The number of aromatic nitrogens is 1. The molecule has 1 aliphatic rings. The van der Waals surface area contributed by atoms with Crippen LogP contribution in [0.4, 0.5) is 5.00 Å². The van der Waals surface area contributed by atoms with Gasteiger partial charge in [0.2, 0.25) is 0 Å². The van der Waals surface area contributed by atoms with Gasteiger partial charge in [-0.05, 0) is 50.4 Å². The molecule has 0 spiro atoms. The van der Waals surface area contributed by atoms with Gasteiger partial charge in [-0.1, -0.05) is 0 Å². The van der Waals surface area contributed by atoms with Crippen molar-refractivity contribution in [1.82, 2.24) is 15.1 Å². The number of aryl methyl sites for hydroxylation is 1. The van der Waals surface area contributed by atoms with E-state index in [4.69, 9.17) is 22.7 Å². The van der Waals surface area contributed by atoms with E-state index in [0.717, 1.165) is 36.4 Å². The van der Waals surface area contributed by atoms with E-state index < -0.39 is 0 Å². The molecule has 1 aliphatic heterocycles. The highest BCUT2D eigenvalue weighted by Crippen LogP contribution is 2.21. The average molecular weight is 313 g/mol. The molecule has 6 nitrogen and oxygen atoms in total. The molecule has 0 saturated carbocycles. The largest absolute Gasteiger partial charge is 0.389 e. The summed E-state index contributed by atoms with van der Waals surface area (Å²) < 4.78 is 9.71. The summed E-state index contributed by atoms with van der Waals surface area (Å²) in [5.41, 5.74) is 11.2. The lowest BCUT2D eigenvalue weighted by molar-refractivity contribution is 0.114. The van der Waals surface area contributed by atoms with E-state index in [1.807, 2.05) is 13.8 Å². The van der Waals surface area contributed by atoms with E-state index in [-0.39, 0.29) is 6.10 Å². The summed E-state index contributed by atoms with van der Waals surface area (Å²) in [5, 5.41) is 8.50. The Morgan fingerprint density at radius 1 is 1.65 bits per heavy atom. The van der Waals surface area contributed by atoms with Gasteiger partial charge in [0.1, 0.15) is 5.00 Å². The molecule has 1 saturated heterocycles. The number of ether oxygens (including phenoxy) is 1. The van der Waals surface area contributed by atoms with Gasteiger partial charge in [-0.15, -0.1) is 0 Å². The molecule has 1 aromatic rings. The summed E-state index contributed by atoms with van der Waals surface area (Å²) in [4.78, 5) is 0. The minimum atomic E-state index is 0.249. The van der Waals surface area contributed by atoms with Gasteiger partial charge < -0.3 is 15.8 Å². The van der Waals surface area contributed by atoms with Crippen LogP contribution in [0, 0.1) is 6.92 Å². The number of hydrazone groups is 1. The molecule has 2 heterocycles. The molecule has 1 aromatic heterocycles. The van der Waals surface area contributed by atoms with Crippen molar-refractivity contribution in [2.75, 3.05) is 18.9 Å². The topological polar surface area (TPSA) is 84.6 Å². The summed E-state index contributed by atoms with van der Waals surface area (Å²) in [6.07, 6.45) is 2.45. The first-order valence-electron chi connectivity index (χ1n) is 6.49. The number of hydrogen-bond acceptors (Lipinski definition) is 6. The molecule has 1 fully saturated rings. The monoisotopic (exact) mass is 313 g/mol. The maximum atomic E-state index is 5.87. The number of anilines is 1. The predicted molar refractivity (Wildman–Crippen MR) is 86.2 cm³/mol. The number of nitrogens with zero attached hydrogens (tertiary/aromatic N) is 2. The molecular formula is C12H19N5OS2. The van der Waals surface area contributed by atoms with Crippen LogP contribution >= 0.6 is 23.8 Å². The van der Waals surface area contributed by atoms with Gasteiger partial charge in [-0.25, -0.2) is 0 Å². The predicted octanol–water partition coefficient (Wildman–Crippen LogP) is 1.40. The first-order chi connectivity index (χ1) is 9.58. The third kappa shape index (κ3) is 3.87. The molecule has 20 heavy (non-hydrogen) atoms. The van der Waals surface area contributed by atoms with Crippen molar-refractivity contribution < 1.29 is 4.74 Å². The zero-order valence-electron chi connectivity index (χ0n) is 11.6. The molecular weight excluding hydrogens is 294 g/mol. The maximum absolute atomic E-state index is 5.87. The van der Waals surface area contributed by atoms with Crippen LogP contribution in [0.3, 0.4) is 0 Å². The van der Waals surface area contributed by atoms with Gasteiger partial charge in [-0.3, -0.25) is 5.43 Å². The van der Waals surface area contributed by atoms with Crippen LogP contribution in [0.15, 0.2) is 5.10 Å². The lowest BCUT2D eigenvalue weighted by Crippen LogP contribution is -2.37. The Morgan fingerprint density at radius 2 is 2.45 bits per heavy atom. The fourth-order valence-corrected chi connectivity index (χ4v) is 2.91. The molecule has 110 valence electrons. The smallest absolute Gasteiger partial charge is 0.187 e. The van der Waals surface area contributed by atoms with E-state index in [1.165, 1.54) is 11.5 Å². The Kier molecular flexibility index (Phi) is 5.27. The summed E-state index contributed by atoms with van der Waals surface area (Å²) in [5.74, 6) is 0. The third-order valence-electron chi connectivity index (χ3n) is 3.09. The van der Waals surface area contributed by atoms with Crippen molar-refractivity contribution in [1.29, 1.82) is 0 Å². The minimum absolute atomic E-state index is 0.249.